The van der Waals surface area contributed by atoms with Crippen molar-refractivity contribution in [1.82, 2.24) is 10.6 Å². The van der Waals surface area contributed by atoms with Crippen LogP contribution in [0.5, 0.6) is 11.5 Å². The molecule has 0 unspecified atom stereocenters. The van der Waals surface area contributed by atoms with Gasteiger partial charge in [-0.3, -0.25) is 4.79 Å². The zero-order valence-electron chi connectivity index (χ0n) is 12.3. The first-order valence-electron chi connectivity index (χ1n) is 6.83. The maximum atomic E-state index is 12.4. The van der Waals surface area contributed by atoms with Gasteiger partial charge in [0, 0.05) is 11.1 Å². The van der Waals surface area contributed by atoms with Gasteiger partial charge in [-0.15, -0.1) is 0 Å². The first-order valence-corrected chi connectivity index (χ1v) is 6.83. The summed E-state index contributed by atoms with van der Waals surface area (Å²) in [6.07, 6.45) is 1.87. The van der Waals surface area contributed by atoms with Gasteiger partial charge >= 0.3 is 0 Å². The minimum atomic E-state index is -0.143. The van der Waals surface area contributed by atoms with Gasteiger partial charge in [0.1, 0.15) is 0 Å². The first kappa shape index (κ1) is 14.7. The average Bonchev–Trinajstić information content (AvgIpc) is 2.46. The molecule has 1 amide bonds. The normalized spacial score (nSPS) is 17.4. The van der Waals surface area contributed by atoms with Gasteiger partial charge in [-0.25, -0.2) is 0 Å². The molecular weight excluding hydrogens is 256 g/mol. The molecule has 5 nitrogen and oxygen atoms in total. The standard InChI is InChI=1S/C15H22N2O3/c1-15(6-8-16-9-7-15)17-14(18)11-4-5-12(19-2)13(10-11)20-3/h4-5,10,16H,6-9H2,1-3H3,(H,17,18). The molecule has 0 aliphatic carbocycles. The van der Waals surface area contributed by atoms with Crippen LogP contribution in [-0.2, 0) is 0 Å². The molecule has 0 saturated carbocycles. The van der Waals surface area contributed by atoms with Crippen molar-refractivity contribution in [2.75, 3.05) is 27.3 Å². The Morgan fingerprint density at radius 3 is 2.45 bits per heavy atom. The first-order chi connectivity index (χ1) is 9.58. The highest BCUT2D eigenvalue weighted by Crippen LogP contribution is 2.28. The quantitative estimate of drug-likeness (QED) is 0.878. The Kier molecular flexibility index (Phi) is 4.49. The summed E-state index contributed by atoms with van der Waals surface area (Å²) < 4.78 is 10.4. The van der Waals surface area contributed by atoms with E-state index in [-0.39, 0.29) is 11.4 Å². The van der Waals surface area contributed by atoms with Crippen molar-refractivity contribution in [3.05, 3.63) is 23.8 Å². The van der Waals surface area contributed by atoms with Crippen molar-refractivity contribution in [1.29, 1.82) is 0 Å². The van der Waals surface area contributed by atoms with Crippen molar-refractivity contribution in [3.63, 3.8) is 0 Å². The zero-order valence-corrected chi connectivity index (χ0v) is 12.3. The lowest BCUT2D eigenvalue weighted by molar-refractivity contribution is 0.0887. The summed E-state index contributed by atoms with van der Waals surface area (Å²) in [6, 6.07) is 5.21. The molecule has 2 rings (SSSR count). The fourth-order valence-corrected chi connectivity index (χ4v) is 2.43. The summed E-state index contributed by atoms with van der Waals surface area (Å²) in [6.45, 7) is 3.96. The number of carbonyl (C=O) groups excluding carboxylic acids is 1. The zero-order chi connectivity index (χ0) is 14.6. The molecule has 1 aromatic carbocycles. The van der Waals surface area contributed by atoms with Gasteiger partial charge in [0.25, 0.3) is 5.91 Å². The van der Waals surface area contributed by atoms with Crippen LogP contribution in [0, 0.1) is 0 Å². The van der Waals surface area contributed by atoms with Gasteiger partial charge in [0.05, 0.1) is 14.2 Å². The molecule has 1 fully saturated rings. The number of piperidine rings is 1. The third-order valence-corrected chi connectivity index (χ3v) is 3.77. The van der Waals surface area contributed by atoms with Crippen molar-refractivity contribution >= 4 is 5.91 Å². The lowest BCUT2D eigenvalue weighted by atomic mass is 9.90. The molecule has 110 valence electrons. The van der Waals surface area contributed by atoms with Gasteiger partial charge in [-0.1, -0.05) is 0 Å². The van der Waals surface area contributed by atoms with E-state index in [9.17, 15) is 4.79 Å². The molecule has 1 aliphatic heterocycles. The number of hydrogen-bond donors (Lipinski definition) is 2. The highest BCUT2D eigenvalue weighted by molar-refractivity contribution is 5.95. The minimum Gasteiger partial charge on any atom is -0.493 e. The molecular formula is C15H22N2O3. The Labute approximate surface area is 119 Å². The van der Waals surface area contributed by atoms with Crippen LogP contribution in [0.4, 0.5) is 0 Å². The SMILES string of the molecule is COc1ccc(C(=O)NC2(C)CCNCC2)cc1OC. The van der Waals surface area contributed by atoms with Crippen LogP contribution in [0.2, 0.25) is 0 Å². The van der Waals surface area contributed by atoms with Crippen LogP contribution in [-0.4, -0.2) is 38.8 Å². The van der Waals surface area contributed by atoms with Crippen molar-refractivity contribution in [3.8, 4) is 11.5 Å². The Bertz CT molecular complexity index is 482. The Morgan fingerprint density at radius 2 is 1.85 bits per heavy atom. The van der Waals surface area contributed by atoms with Crippen molar-refractivity contribution in [2.45, 2.75) is 25.3 Å². The van der Waals surface area contributed by atoms with Gasteiger partial charge < -0.3 is 20.1 Å². The number of methoxy groups -OCH3 is 2. The number of hydrogen-bond acceptors (Lipinski definition) is 4. The molecule has 5 heteroatoms. The molecule has 0 aromatic heterocycles. The van der Waals surface area contributed by atoms with E-state index in [0.29, 0.717) is 17.1 Å². The average molecular weight is 278 g/mol. The van der Waals surface area contributed by atoms with E-state index < -0.39 is 0 Å². The number of rotatable bonds is 4. The molecule has 0 bridgehead atoms. The maximum absolute atomic E-state index is 12.4. The molecule has 1 saturated heterocycles. The summed E-state index contributed by atoms with van der Waals surface area (Å²) in [5.41, 5.74) is 0.442. The summed E-state index contributed by atoms with van der Waals surface area (Å²) in [5.74, 6) is 1.11. The topological polar surface area (TPSA) is 59.6 Å². The van der Waals surface area contributed by atoms with Crippen LogP contribution in [0.3, 0.4) is 0 Å². The molecule has 0 spiro atoms. The van der Waals surface area contributed by atoms with Crippen LogP contribution >= 0.6 is 0 Å². The molecule has 0 atom stereocenters. The second-order valence-electron chi connectivity index (χ2n) is 5.33. The van der Waals surface area contributed by atoms with Gasteiger partial charge in [-0.05, 0) is 51.1 Å². The van der Waals surface area contributed by atoms with Crippen LogP contribution < -0.4 is 20.1 Å². The molecule has 1 aromatic rings. The Morgan fingerprint density at radius 1 is 1.20 bits per heavy atom. The van der Waals surface area contributed by atoms with E-state index in [4.69, 9.17) is 9.47 Å². The molecule has 0 radical (unpaired) electrons. The maximum Gasteiger partial charge on any atom is 0.251 e. The molecule has 2 N–H and O–H groups in total. The van der Waals surface area contributed by atoms with E-state index in [1.807, 2.05) is 0 Å². The summed E-state index contributed by atoms with van der Waals surface area (Å²) in [5, 5.41) is 6.42. The predicted molar refractivity (Wildman–Crippen MR) is 77.5 cm³/mol. The number of ether oxygens (including phenoxy) is 2. The van der Waals surface area contributed by atoms with Crippen LogP contribution in [0.1, 0.15) is 30.1 Å². The van der Waals surface area contributed by atoms with Gasteiger partial charge in [-0.2, -0.15) is 0 Å². The summed E-state index contributed by atoms with van der Waals surface area (Å²) in [4.78, 5) is 12.4. The molecule has 1 aliphatic rings. The van der Waals surface area contributed by atoms with Crippen LogP contribution in [0.15, 0.2) is 18.2 Å². The highest BCUT2D eigenvalue weighted by atomic mass is 16.5. The Hall–Kier alpha value is -1.75. The molecule has 1 heterocycles. The summed E-state index contributed by atoms with van der Waals surface area (Å²) in [7, 11) is 3.14. The van der Waals surface area contributed by atoms with E-state index in [0.717, 1.165) is 25.9 Å². The number of carbonyl (C=O) groups is 1. The lowest BCUT2D eigenvalue weighted by Crippen LogP contribution is -2.52. The fraction of sp³-hybridized carbons (Fsp3) is 0.533. The molecule has 20 heavy (non-hydrogen) atoms. The lowest BCUT2D eigenvalue weighted by Gasteiger charge is -2.35. The third-order valence-electron chi connectivity index (χ3n) is 3.77. The Balaban J connectivity index is 2.12. The smallest absolute Gasteiger partial charge is 0.251 e. The van der Waals surface area contributed by atoms with E-state index >= 15 is 0 Å². The predicted octanol–water partition coefficient (Wildman–Crippen LogP) is 1.58. The van der Waals surface area contributed by atoms with E-state index in [1.165, 1.54) is 0 Å². The van der Waals surface area contributed by atoms with Crippen LogP contribution in [0.25, 0.3) is 0 Å². The minimum absolute atomic E-state index is 0.0737. The van der Waals surface area contributed by atoms with Gasteiger partial charge in [0.15, 0.2) is 11.5 Å². The largest absolute Gasteiger partial charge is 0.493 e. The fourth-order valence-electron chi connectivity index (χ4n) is 2.43. The highest BCUT2D eigenvalue weighted by Gasteiger charge is 2.28. The van der Waals surface area contributed by atoms with E-state index in [1.54, 1.807) is 32.4 Å². The van der Waals surface area contributed by atoms with E-state index in [2.05, 4.69) is 17.6 Å². The van der Waals surface area contributed by atoms with Crippen molar-refractivity contribution < 1.29 is 14.3 Å². The second-order valence-corrected chi connectivity index (χ2v) is 5.33. The number of nitrogens with one attached hydrogen (secondary N) is 2. The number of benzene rings is 1. The monoisotopic (exact) mass is 278 g/mol. The second kappa shape index (κ2) is 6.13. The number of amides is 1. The van der Waals surface area contributed by atoms with Crippen molar-refractivity contribution in [2.24, 2.45) is 0 Å². The summed E-state index contributed by atoms with van der Waals surface area (Å²) >= 11 is 0. The third kappa shape index (κ3) is 3.22. The van der Waals surface area contributed by atoms with Gasteiger partial charge in [0.2, 0.25) is 0 Å².